The van der Waals surface area contributed by atoms with Crippen molar-refractivity contribution in [1.29, 1.82) is 0 Å². The first-order valence-corrected chi connectivity index (χ1v) is 6.64. The van der Waals surface area contributed by atoms with Crippen molar-refractivity contribution < 1.29 is 0 Å². The zero-order valence-corrected chi connectivity index (χ0v) is 11.7. The molecule has 0 unspecified atom stereocenters. The molecule has 3 aromatic rings. The second-order valence-electron chi connectivity index (χ2n) is 5.07. The van der Waals surface area contributed by atoms with Crippen molar-refractivity contribution in [2.45, 2.75) is 13.5 Å². The predicted molar refractivity (Wildman–Crippen MR) is 83.6 cm³/mol. The lowest BCUT2D eigenvalue weighted by atomic mass is 10.1. The minimum Gasteiger partial charge on any atom is -0.397 e. The number of nitrogens with two attached hydrogens (primary N) is 1. The van der Waals surface area contributed by atoms with E-state index in [1.54, 1.807) is 0 Å². The smallest absolute Gasteiger partial charge is 0.0955 e. The number of para-hydroxylation sites is 1. The minimum absolute atomic E-state index is 0.738. The normalized spacial score (nSPS) is 10.9. The molecule has 102 valence electrons. The molecule has 1 heterocycles. The van der Waals surface area contributed by atoms with Gasteiger partial charge in [0, 0.05) is 13.6 Å². The lowest BCUT2D eigenvalue weighted by molar-refractivity contribution is 0.947. The molecule has 0 aliphatic rings. The number of nitrogen functional groups attached to an aromatic ring is 1. The third-order valence-corrected chi connectivity index (χ3v) is 3.56. The standard InChI is InChI=1S/C16H18N4/c1-11-4-3-5-13(17)16(11)18-9-12-6-7-15-14(8-12)19-10-20(15)2/h3-8,10,18H,9,17H2,1-2H3. The van der Waals surface area contributed by atoms with Gasteiger partial charge in [-0.05, 0) is 36.2 Å². The van der Waals surface area contributed by atoms with Crippen LogP contribution in [0, 0.1) is 6.92 Å². The van der Waals surface area contributed by atoms with Crippen molar-refractivity contribution in [1.82, 2.24) is 9.55 Å². The average molecular weight is 266 g/mol. The van der Waals surface area contributed by atoms with E-state index in [0.29, 0.717) is 0 Å². The number of nitrogens with one attached hydrogen (secondary N) is 1. The highest BCUT2D eigenvalue weighted by molar-refractivity contribution is 5.76. The number of aryl methyl sites for hydroxylation is 2. The second-order valence-corrected chi connectivity index (χ2v) is 5.07. The van der Waals surface area contributed by atoms with E-state index in [1.807, 2.05) is 30.1 Å². The van der Waals surface area contributed by atoms with Crippen LogP contribution in [0.1, 0.15) is 11.1 Å². The molecule has 0 aliphatic carbocycles. The van der Waals surface area contributed by atoms with Gasteiger partial charge >= 0.3 is 0 Å². The summed E-state index contributed by atoms with van der Waals surface area (Å²) < 4.78 is 2.02. The second kappa shape index (κ2) is 4.89. The molecule has 2 aromatic carbocycles. The summed E-state index contributed by atoms with van der Waals surface area (Å²) in [6.07, 6.45) is 1.83. The van der Waals surface area contributed by atoms with Crippen LogP contribution < -0.4 is 11.1 Å². The van der Waals surface area contributed by atoms with Crippen LogP contribution in [0.3, 0.4) is 0 Å². The van der Waals surface area contributed by atoms with Gasteiger partial charge < -0.3 is 15.6 Å². The van der Waals surface area contributed by atoms with Crippen LogP contribution in [-0.4, -0.2) is 9.55 Å². The van der Waals surface area contributed by atoms with Crippen molar-refractivity contribution >= 4 is 22.4 Å². The Hall–Kier alpha value is -2.49. The van der Waals surface area contributed by atoms with Crippen molar-refractivity contribution in [2.75, 3.05) is 11.1 Å². The van der Waals surface area contributed by atoms with Crippen molar-refractivity contribution in [3.8, 4) is 0 Å². The molecule has 20 heavy (non-hydrogen) atoms. The van der Waals surface area contributed by atoms with Crippen LogP contribution in [0.25, 0.3) is 11.0 Å². The fraction of sp³-hybridized carbons (Fsp3) is 0.188. The van der Waals surface area contributed by atoms with Gasteiger partial charge in [-0.25, -0.2) is 4.98 Å². The highest BCUT2D eigenvalue weighted by Crippen LogP contribution is 2.23. The van der Waals surface area contributed by atoms with E-state index in [1.165, 1.54) is 5.56 Å². The van der Waals surface area contributed by atoms with E-state index >= 15 is 0 Å². The number of imidazole rings is 1. The van der Waals surface area contributed by atoms with Gasteiger partial charge in [0.15, 0.2) is 0 Å². The molecule has 0 amide bonds. The third kappa shape index (κ3) is 2.20. The van der Waals surface area contributed by atoms with Crippen molar-refractivity contribution in [3.63, 3.8) is 0 Å². The summed E-state index contributed by atoms with van der Waals surface area (Å²) in [5.41, 5.74) is 12.3. The van der Waals surface area contributed by atoms with Gasteiger partial charge in [0.05, 0.1) is 28.7 Å². The maximum atomic E-state index is 6.00. The van der Waals surface area contributed by atoms with E-state index in [2.05, 4.69) is 41.5 Å². The molecule has 4 heteroatoms. The first kappa shape index (κ1) is 12.5. The van der Waals surface area contributed by atoms with Crippen LogP contribution in [-0.2, 0) is 13.6 Å². The molecule has 3 N–H and O–H groups in total. The fourth-order valence-electron chi connectivity index (χ4n) is 2.41. The Labute approximate surface area is 118 Å². The summed E-state index contributed by atoms with van der Waals surface area (Å²) in [4.78, 5) is 4.38. The molecule has 0 radical (unpaired) electrons. The van der Waals surface area contributed by atoms with Crippen LogP contribution >= 0.6 is 0 Å². The Morgan fingerprint density at radius 1 is 1.25 bits per heavy atom. The Kier molecular flexibility index (Phi) is 3.06. The maximum Gasteiger partial charge on any atom is 0.0955 e. The summed E-state index contributed by atoms with van der Waals surface area (Å²) >= 11 is 0. The Bertz CT molecular complexity index is 738. The van der Waals surface area contributed by atoms with Gasteiger partial charge in [-0.2, -0.15) is 0 Å². The van der Waals surface area contributed by atoms with Crippen molar-refractivity contribution in [3.05, 3.63) is 53.9 Å². The lowest BCUT2D eigenvalue weighted by Crippen LogP contribution is -2.04. The molecule has 0 saturated carbocycles. The zero-order valence-electron chi connectivity index (χ0n) is 11.7. The number of anilines is 2. The van der Waals surface area contributed by atoms with E-state index < -0.39 is 0 Å². The van der Waals surface area contributed by atoms with Gasteiger partial charge in [0.25, 0.3) is 0 Å². The highest BCUT2D eigenvalue weighted by atomic mass is 15.0. The first-order valence-electron chi connectivity index (χ1n) is 6.64. The van der Waals surface area contributed by atoms with E-state index in [4.69, 9.17) is 5.73 Å². The number of hydrogen-bond donors (Lipinski definition) is 2. The number of hydrogen-bond acceptors (Lipinski definition) is 3. The largest absolute Gasteiger partial charge is 0.397 e. The Morgan fingerprint density at radius 3 is 2.90 bits per heavy atom. The van der Waals surface area contributed by atoms with E-state index in [-0.39, 0.29) is 0 Å². The fourth-order valence-corrected chi connectivity index (χ4v) is 2.41. The van der Waals surface area contributed by atoms with Crippen LogP contribution in [0.5, 0.6) is 0 Å². The Morgan fingerprint density at radius 2 is 2.10 bits per heavy atom. The minimum atomic E-state index is 0.738. The van der Waals surface area contributed by atoms with Gasteiger partial charge in [0.2, 0.25) is 0 Å². The summed E-state index contributed by atoms with van der Waals surface area (Å²) in [7, 11) is 2.00. The zero-order chi connectivity index (χ0) is 14.1. The van der Waals surface area contributed by atoms with Crippen LogP contribution in [0.15, 0.2) is 42.7 Å². The monoisotopic (exact) mass is 266 g/mol. The number of nitrogens with zero attached hydrogens (tertiary/aromatic N) is 2. The van der Waals surface area contributed by atoms with Gasteiger partial charge in [-0.1, -0.05) is 18.2 Å². The number of rotatable bonds is 3. The molecular formula is C16H18N4. The molecule has 0 aliphatic heterocycles. The highest BCUT2D eigenvalue weighted by Gasteiger charge is 2.04. The topological polar surface area (TPSA) is 55.9 Å². The molecule has 3 rings (SSSR count). The van der Waals surface area contributed by atoms with E-state index in [9.17, 15) is 0 Å². The molecule has 0 atom stereocenters. The molecular weight excluding hydrogens is 248 g/mol. The molecule has 0 spiro atoms. The molecule has 4 nitrogen and oxygen atoms in total. The molecule has 0 bridgehead atoms. The summed E-state index contributed by atoms with van der Waals surface area (Å²) in [5, 5.41) is 3.41. The number of benzene rings is 2. The quantitative estimate of drug-likeness (QED) is 0.716. The van der Waals surface area contributed by atoms with Crippen LogP contribution in [0.4, 0.5) is 11.4 Å². The van der Waals surface area contributed by atoms with Gasteiger partial charge in [-0.15, -0.1) is 0 Å². The maximum absolute atomic E-state index is 6.00. The van der Waals surface area contributed by atoms with Crippen molar-refractivity contribution in [2.24, 2.45) is 7.05 Å². The van der Waals surface area contributed by atoms with Gasteiger partial charge in [0.1, 0.15) is 0 Å². The molecule has 0 fully saturated rings. The Balaban J connectivity index is 1.83. The number of fused-ring (bicyclic) bond motifs is 1. The third-order valence-electron chi connectivity index (χ3n) is 3.56. The summed E-state index contributed by atoms with van der Waals surface area (Å²) in [5.74, 6) is 0. The van der Waals surface area contributed by atoms with Crippen LogP contribution in [0.2, 0.25) is 0 Å². The van der Waals surface area contributed by atoms with Gasteiger partial charge in [-0.3, -0.25) is 0 Å². The predicted octanol–water partition coefficient (Wildman–Crippen LogP) is 3.08. The number of aromatic nitrogens is 2. The lowest BCUT2D eigenvalue weighted by Gasteiger charge is -2.12. The summed E-state index contributed by atoms with van der Waals surface area (Å²) in [6.45, 7) is 2.79. The van der Waals surface area contributed by atoms with E-state index in [0.717, 1.165) is 34.5 Å². The molecule has 1 aromatic heterocycles. The first-order chi connectivity index (χ1) is 9.65. The SMILES string of the molecule is Cc1cccc(N)c1NCc1ccc2c(c1)ncn2C. The molecule has 0 saturated heterocycles. The average Bonchev–Trinajstić information content (AvgIpc) is 2.79. The summed E-state index contributed by atoms with van der Waals surface area (Å²) in [6, 6.07) is 12.3.